The predicted molar refractivity (Wildman–Crippen MR) is 234 cm³/mol. The summed E-state index contributed by atoms with van der Waals surface area (Å²) in [5.74, 6) is 5.54. The number of halogens is 2. The maximum Gasteiger partial charge on any atom is 0.213 e. The summed E-state index contributed by atoms with van der Waals surface area (Å²) in [5, 5.41) is 6.35. The highest BCUT2D eigenvalue weighted by Gasteiger charge is 2.15. The zero-order valence-corrected chi connectivity index (χ0v) is 32.8. The standard InChI is InChI=1S/C18H19N3.C14H12ClN3.C14H12FN3/c1-3-13-20(16-9-11-19-12-10-16)21-14-15(4-2)17-7-5-6-8-18(17)21;1-10-9-18(14-5-3-2-4-11(10)14)17-13-6-7-16-8-12(13)15;1-9-14(10-6-7-17-13(15)8-10)11-4-2-3-5-12(11)18(9)16/h4-12,14H,2-3,13H2,1H3;2-9H,1H3,(H,16,17);2-8H,16H2,1H3. The van der Waals surface area contributed by atoms with E-state index in [1.54, 1.807) is 23.1 Å². The number of pyridine rings is 3. The first kappa shape index (κ1) is 38.4. The molecule has 0 aliphatic carbocycles. The van der Waals surface area contributed by atoms with E-state index in [2.05, 4.69) is 99.3 Å². The molecular weight excluding hydrogens is 733 g/mol. The van der Waals surface area contributed by atoms with Crippen molar-refractivity contribution in [2.45, 2.75) is 27.2 Å². The Balaban J connectivity index is 0.000000131. The molecule has 0 amide bonds. The summed E-state index contributed by atoms with van der Waals surface area (Å²) in [4.78, 5) is 11.7. The van der Waals surface area contributed by atoms with Gasteiger partial charge in [0.15, 0.2) is 0 Å². The summed E-state index contributed by atoms with van der Waals surface area (Å²) in [5.41, 5.74) is 13.5. The smallest absolute Gasteiger partial charge is 0.213 e. The fourth-order valence-electron chi connectivity index (χ4n) is 6.99. The molecule has 286 valence electrons. The van der Waals surface area contributed by atoms with Crippen LogP contribution in [-0.4, -0.2) is 35.5 Å². The summed E-state index contributed by atoms with van der Waals surface area (Å²) in [6, 6.07) is 33.6. The van der Waals surface area contributed by atoms with Crippen molar-refractivity contribution in [3.8, 4) is 11.1 Å². The Labute approximate surface area is 336 Å². The van der Waals surface area contributed by atoms with E-state index in [9.17, 15) is 4.39 Å². The summed E-state index contributed by atoms with van der Waals surface area (Å²) in [6.07, 6.45) is 15.7. The average molecular weight is 776 g/mol. The van der Waals surface area contributed by atoms with Gasteiger partial charge < -0.3 is 5.84 Å². The van der Waals surface area contributed by atoms with E-state index in [0.29, 0.717) is 5.02 Å². The maximum atomic E-state index is 13.2. The van der Waals surface area contributed by atoms with Crippen LogP contribution in [0.4, 0.5) is 15.8 Å². The van der Waals surface area contributed by atoms with E-state index in [1.807, 2.05) is 84.7 Å². The monoisotopic (exact) mass is 775 g/mol. The van der Waals surface area contributed by atoms with Crippen molar-refractivity contribution in [1.29, 1.82) is 0 Å². The van der Waals surface area contributed by atoms with E-state index >= 15 is 0 Å². The van der Waals surface area contributed by atoms with Crippen molar-refractivity contribution < 1.29 is 4.39 Å². The summed E-state index contributed by atoms with van der Waals surface area (Å²) < 4.78 is 19.1. The molecule has 9 aromatic rings. The van der Waals surface area contributed by atoms with Crippen molar-refractivity contribution in [1.82, 2.24) is 29.0 Å². The Morgan fingerprint density at radius 2 is 1.47 bits per heavy atom. The first-order valence-electron chi connectivity index (χ1n) is 18.6. The van der Waals surface area contributed by atoms with Crippen molar-refractivity contribution in [2.75, 3.05) is 22.8 Å². The molecule has 6 aromatic heterocycles. The summed E-state index contributed by atoms with van der Waals surface area (Å²) in [7, 11) is 0. The second-order valence-corrected chi connectivity index (χ2v) is 13.8. The fraction of sp³-hybridized carbons (Fsp3) is 0.109. The molecule has 57 heavy (non-hydrogen) atoms. The van der Waals surface area contributed by atoms with Gasteiger partial charge in [-0.15, -0.1) is 0 Å². The molecule has 9 nitrogen and oxygen atoms in total. The van der Waals surface area contributed by atoms with E-state index in [4.69, 9.17) is 17.4 Å². The lowest BCUT2D eigenvalue weighted by atomic mass is 10.0. The van der Waals surface area contributed by atoms with Gasteiger partial charge in [0, 0.05) is 89.0 Å². The lowest BCUT2D eigenvalue weighted by Crippen LogP contribution is -2.29. The third kappa shape index (κ3) is 8.08. The molecule has 0 aliphatic heterocycles. The second kappa shape index (κ2) is 17.3. The molecule has 0 unspecified atom stereocenters. The number of nitrogens with zero attached hydrogens (tertiary/aromatic N) is 7. The van der Waals surface area contributed by atoms with Crippen LogP contribution in [0.15, 0.2) is 153 Å². The number of rotatable bonds is 8. The van der Waals surface area contributed by atoms with Crippen LogP contribution in [0, 0.1) is 19.8 Å². The summed E-state index contributed by atoms with van der Waals surface area (Å²) >= 11 is 6.09. The minimum absolute atomic E-state index is 0.485. The van der Waals surface area contributed by atoms with Gasteiger partial charge in [0.1, 0.15) is 0 Å². The van der Waals surface area contributed by atoms with Gasteiger partial charge >= 0.3 is 0 Å². The zero-order valence-electron chi connectivity index (χ0n) is 32.0. The van der Waals surface area contributed by atoms with E-state index in [1.165, 1.54) is 34.1 Å². The molecule has 9 rings (SSSR count). The van der Waals surface area contributed by atoms with Gasteiger partial charge in [-0.25, -0.2) is 4.98 Å². The van der Waals surface area contributed by atoms with Gasteiger partial charge in [0.25, 0.3) is 0 Å². The zero-order chi connectivity index (χ0) is 39.9. The highest BCUT2D eigenvalue weighted by molar-refractivity contribution is 6.33. The second-order valence-electron chi connectivity index (χ2n) is 13.4. The minimum atomic E-state index is -0.485. The molecule has 0 aliphatic rings. The number of aromatic nitrogens is 6. The average Bonchev–Trinajstić information content (AvgIpc) is 3.86. The molecule has 0 radical (unpaired) electrons. The number of benzene rings is 3. The van der Waals surface area contributed by atoms with Gasteiger partial charge in [0.05, 0.1) is 32.9 Å². The normalized spacial score (nSPS) is 10.8. The first-order valence-corrected chi connectivity index (χ1v) is 19.0. The molecule has 0 saturated heterocycles. The van der Waals surface area contributed by atoms with Crippen molar-refractivity contribution in [3.05, 3.63) is 181 Å². The molecule has 3 aromatic carbocycles. The lowest BCUT2D eigenvalue weighted by Gasteiger charge is -2.26. The van der Waals surface area contributed by atoms with Crippen molar-refractivity contribution in [3.63, 3.8) is 0 Å². The van der Waals surface area contributed by atoms with Crippen LogP contribution in [0.25, 0.3) is 49.9 Å². The highest BCUT2D eigenvalue weighted by atomic mass is 35.5. The predicted octanol–water partition coefficient (Wildman–Crippen LogP) is 11.1. The quantitative estimate of drug-likeness (QED) is 0.118. The van der Waals surface area contributed by atoms with Crippen LogP contribution < -0.4 is 16.3 Å². The SMILES string of the molecule is C=Cc1cn(N(CCC)c2ccncc2)c2ccccc12.Cc1c(-c2ccnc(F)c2)c2ccccc2n1N.Cc1cn(Nc2ccncc2Cl)c2ccccc12. The molecule has 0 saturated carbocycles. The number of nitrogen functional groups attached to an aromatic ring is 1. The third-order valence-electron chi connectivity index (χ3n) is 9.70. The van der Waals surface area contributed by atoms with Gasteiger partial charge in [-0.2, -0.15) is 4.39 Å². The Hall–Kier alpha value is -6.91. The van der Waals surface area contributed by atoms with Crippen molar-refractivity contribution in [2.24, 2.45) is 0 Å². The number of nitrogens with two attached hydrogens (primary N) is 1. The number of nitrogens with one attached hydrogen (secondary N) is 1. The maximum absolute atomic E-state index is 13.2. The highest BCUT2D eigenvalue weighted by Crippen LogP contribution is 2.33. The van der Waals surface area contributed by atoms with Crippen LogP contribution in [0.5, 0.6) is 0 Å². The molecule has 3 N–H and O–H groups in total. The van der Waals surface area contributed by atoms with Crippen LogP contribution in [0.3, 0.4) is 0 Å². The number of hydrogen-bond donors (Lipinski definition) is 2. The van der Waals surface area contributed by atoms with E-state index < -0.39 is 5.95 Å². The topological polar surface area (TPSA) is 94.8 Å². The Kier molecular flexibility index (Phi) is 11.6. The number of para-hydroxylation sites is 3. The Morgan fingerprint density at radius 1 is 0.807 bits per heavy atom. The van der Waals surface area contributed by atoms with Gasteiger partial charge in [0.2, 0.25) is 5.95 Å². The van der Waals surface area contributed by atoms with Gasteiger partial charge in [-0.1, -0.05) is 85.8 Å². The first-order chi connectivity index (χ1) is 27.8. The van der Waals surface area contributed by atoms with Gasteiger partial charge in [-0.3, -0.25) is 34.4 Å². The number of aryl methyl sites for hydroxylation is 1. The summed E-state index contributed by atoms with van der Waals surface area (Å²) in [6.45, 7) is 11.1. The molecule has 0 atom stereocenters. The number of hydrogen-bond acceptors (Lipinski definition) is 6. The molecular formula is C46H43ClFN9. The Bertz CT molecular complexity index is 2790. The van der Waals surface area contributed by atoms with E-state index in [0.717, 1.165) is 63.1 Å². The van der Waals surface area contributed by atoms with E-state index in [-0.39, 0.29) is 0 Å². The number of fused-ring (bicyclic) bond motifs is 3. The van der Waals surface area contributed by atoms with Gasteiger partial charge in [-0.05, 0) is 73.9 Å². The Morgan fingerprint density at radius 3 is 2.18 bits per heavy atom. The van der Waals surface area contributed by atoms with Crippen LogP contribution >= 0.6 is 11.6 Å². The molecule has 0 spiro atoms. The molecule has 6 heterocycles. The molecule has 0 bridgehead atoms. The molecule has 0 fully saturated rings. The van der Waals surface area contributed by atoms with Crippen LogP contribution in [-0.2, 0) is 0 Å². The van der Waals surface area contributed by atoms with Crippen LogP contribution in [0.1, 0.15) is 30.2 Å². The van der Waals surface area contributed by atoms with Crippen LogP contribution in [0.2, 0.25) is 5.02 Å². The van der Waals surface area contributed by atoms with Crippen molar-refractivity contribution >= 4 is 61.8 Å². The third-order valence-corrected chi connectivity index (χ3v) is 10.00. The lowest BCUT2D eigenvalue weighted by molar-refractivity contribution is 0.584. The largest absolute Gasteiger partial charge is 0.339 e. The molecule has 11 heteroatoms. The minimum Gasteiger partial charge on any atom is -0.339 e. The fourth-order valence-corrected chi connectivity index (χ4v) is 7.15. The number of anilines is 2.